The predicted molar refractivity (Wildman–Crippen MR) is 89.1 cm³/mol. The number of para-hydroxylation sites is 1. The van der Waals surface area contributed by atoms with Crippen molar-refractivity contribution in [2.24, 2.45) is 0 Å². The molecule has 0 radical (unpaired) electrons. The van der Waals surface area contributed by atoms with Gasteiger partial charge in [-0.15, -0.1) is 0 Å². The summed E-state index contributed by atoms with van der Waals surface area (Å²) < 4.78 is 24.7. The van der Waals surface area contributed by atoms with Gasteiger partial charge in [0.1, 0.15) is 5.75 Å². The van der Waals surface area contributed by atoms with E-state index in [1.807, 2.05) is 31.2 Å². The fourth-order valence-corrected chi connectivity index (χ4v) is 2.45. The molecule has 0 fully saturated rings. The Labute approximate surface area is 142 Å². The van der Waals surface area contributed by atoms with E-state index in [0.29, 0.717) is 10.2 Å². The summed E-state index contributed by atoms with van der Waals surface area (Å²) in [6.07, 6.45) is 0. The minimum atomic E-state index is -0.523. The Morgan fingerprint density at radius 1 is 1.26 bits per heavy atom. The van der Waals surface area contributed by atoms with Crippen LogP contribution in [0, 0.1) is 5.82 Å². The summed E-state index contributed by atoms with van der Waals surface area (Å²) in [4.78, 5) is 12.0. The van der Waals surface area contributed by atoms with E-state index in [2.05, 4.69) is 21.2 Å². The number of ether oxygens (including phenoxy) is 2. The highest BCUT2D eigenvalue weighted by molar-refractivity contribution is 9.10. The van der Waals surface area contributed by atoms with Gasteiger partial charge in [0.15, 0.2) is 18.2 Å². The van der Waals surface area contributed by atoms with Gasteiger partial charge in [0, 0.05) is 10.0 Å². The summed E-state index contributed by atoms with van der Waals surface area (Å²) in [5, 5.41) is 2.80. The fraction of sp³-hybridized carbons (Fsp3) is 0.235. The molecule has 0 aromatic heterocycles. The van der Waals surface area contributed by atoms with Crippen LogP contribution in [-0.4, -0.2) is 19.6 Å². The average Bonchev–Trinajstić information content (AvgIpc) is 2.54. The molecule has 0 bridgehead atoms. The smallest absolute Gasteiger partial charge is 0.258 e. The molecule has 0 spiro atoms. The molecule has 2 aromatic rings. The van der Waals surface area contributed by atoms with Crippen LogP contribution >= 0.6 is 15.9 Å². The van der Waals surface area contributed by atoms with E-state index in [4.69, 9.17) is 9.47 Å². The van der Waals surface area contributed by atoms with Crippen LogP contribution in [0.5, 0.6) is 11.5 Å². The van der Waals surface area contributed by atoms with Crippen LogP contribution in [0.15, 0.2) is 46.9 Å². The molecule has 1 amide bonds. The summed E-state index contributed by atoms with van der Waals surface area (Å²) in [7, 11) is 1.58. The van der Waals surface area contributed by atoms with Crippen LogP contribution < -0.4 is 14.8 Å². The molecule has 122 valence electrons. The largest absolute Gasteiger partial charge is 0.496 e. The topological polar surface area (TPSA) is 47.6 Å². The lowest BCUT2D eigenvalue weighted by Gasteiger charge is -2.17. The fourth-order valence-electron chi connectivity index (χ4n) is 2.12. The highest BCUT2D eigenvalue weighted by atomic mass is 79.9. The Balaban J connectivity index is 1.94. The number of rotatable bonds is 6. The number of halogens is 2. The van der Waals surface area contributed by atoms with Gasteiger partial charge in [0.25, 0.3) is 5.91 Å². The predicted octanol–water partition coefficient (Wildman–Crippen LogP) is 3.85. The highest BCUT2D eigenvalue weighted by Gasteiger charge is 2.14. The maximum absolute atomic E-state index is 13.6. The minimum absolute atomic E-state index is 0.0355. The van der Waals surface area contributed by atoms with Crippen molar-refractivity contribution in [2.45, 2.75) is 13.0 Å². The Bertz CT molecular complexity index is 693. The second kappa shape index (κ2) is 7.97. The third-order valence-electron chi connectivity index (χ3n) is 3.24. The van der Waals surface area contributed by atoms with E-state index in [9.17, 15) is 9.18 Å². The van der Waals surface area contributed by atoms with E-state index in [-0.39, 0.29) is 24.3 Å². The molecule has 0 aliphatic rings. The second-order valence-corrected chi connectivity index (χ2v) is 5.81. The molecular weight excluding hydrogens is 365 g/mol. The summed E-state index contributed by atoms with van der Waals surface area (Å²) in [5.74, 6) is -0.135. The highest BCUT2D eigenvalue weighted by Crippen LogP contribution is 2.24. The van der Waals surface area contributed by atoms with Crippen molar-refractivity contribution in [2.75, 3.05) is 13.7 Å². The van der Waals surface area contributed by atoms with Gasteiger partial charge in [-0.1, -0.05) is 34.1 Å². The third kappa shape index (κ3) is 4.69. The lowest BCUT2D eigenvalue weighted by Crippen LogP contribution is -2.31. The second-order valence-electron chi connectivity index (χ2n) is 4.89. The maximum Gasteiger partial charge on any atom is 0.258 e. The Hall–Kier alpha value is -2.08. The molecule has 0 heterocycles. The normalized spacial score (nSPS) is 11.7. The van der Waals surface area contributed by atoms with Gasteiger partial charge in [-0.3, -0.25) is 4.79 Å². The number of methoxy groups -OCH3 is 1. The molecule has 23 heavy (non-hydrogen) atoms. The number of carbonyl (C=O) groups is 1. The first-order chi connectivity index (χ1) is 11.0. The zero-order chi connectivity index (χ0) is 16.8. The van der Waals surface area contributed by atoms with E-state index in [1.54, 1.807) is 13.2 Å². The molecule has 6 heteroatoms. The number of carbonyl (C=O) groups excluding carboxylic acids is 1. The number of hydrogen-bond donors (Lipinski definition) is 1. The lowest BCUT2D eigenvalue weighted by atomic mass is 10.1. The monoisotopic (exact) mass is 381 g/mol. The summed E-state index contributed by atoms with van der Waals surface area (Å²) in [6.45, 7) is 1.58. The van der Waals surface area contributed by atoms with Gasteiger partial charge in [-0.25, -0.2) is 4.39 Å². The number of hydrogen-bond acceptors (Lipinski definition) is 3. The number of amides is 1. The van der Waals surface area contributed by atoms with Gasteiger partial charge < -0.3 is 14.8 Å². The van der Waals surface area contributed by atoms with Gasteiger partial charge in [0.2, 0.25) is 0 Å². The Morgan fingerprint density at radius 3 is 2.70 bits per heavy atom. The van der Waals surface area contributed by atoms with Crippen molar-refractivity contribution in [1.82, 2.24) is 5.32 Å². The summed E-state index contributed by atoms with van der Waals surface area (Å²) in [6, 6.07) is 11.6. The van der Waals surface area contributed by atoms with E-state index >= 15 is 0 Å². The van der Waals surface area contributed by atoms with Crippen molar-refractivity contribution < 1.29 is 18.7 Å². The van der Waals surface area contributed by atoms with Crippen molar-refractivity contribution in [3.05, 3.63) is 58.3 Å². The molecule has 1 unspecified atom stereocenters. The molecule has 0 saturated carbocycles. The van der Waals surface area contributed by atoms with Crippen LogP contribution in [0.4, 0.5) is 4.39 Å². The molecular formula is C17H17BrFNO3. The number of benzene rings is 2. The van der Waals surface area contributed by atoms with Crippen LogP contribution in [-0.2, 0) is 4.79 Å². The standard InChI is InChI=1S/C17H17BrFNO3/c1-11(13-5-3-4-6-15(13)22-2)20-17(21)10-23-16-8-7-12(18)9-14(16)19/h3-9,11H,10H2,1-2H3,(H,20,21). The molecule has 0 saturated heterocycles. The van der Waals surface area contributed by atoms with Gasteiger partial charge in [-0.05, 0) is 31.2 Å². The lowest BCUT2D eigenvalue weighted by molar-refractivity contribution is -0.123. The van der Waals surface area contributed by atoms with Gasteiger partial charge >= 0.3 is 0 Å². The SMILES string of the molecule is COc1ccccc1C(C)NC(=O)COc1ccc(Br)cc1F. The van der Waals surface area contributed by atoms with Crippen molar-refractivity contribution in [1.29, 1.82) is 0 Å². The minimum Gasteiger partial charge on any atom is -0.496 e. The van der Waals surface area contributed by atoms with Crippen LogP contribution in [0.2, 0.25) is 0 Å². The van der Waals surface area contributed by atoms with Crippen molar-refractivity contribution in [3.8, 4) is 11.5 Å². The first-order valence-electron chi connectivity index (χ1n) is 7.01. The molecule has 1 N–H and O–H groups in total. The zero-order valence-corrected chi connectivity index (χ0v) is 14.4. The Morgan fingerprint density at radius 2 is 2.00 bits per heavy atom. The molecule has 2 rings (SSSR count). The first kappa shape index (κ1) is 17.3. The van der Waals surface area contributed by atoms with Crippen LogP contribution in [0.3, 0.4) is 0 Å². The van der Waals surface area contributed by atoms with E-state index in [0.717, 1.165) is 5.56 Å². The first-order valence-corrected chi connectivity index (χ1v) is 7.80. The number of nitrogens with one attached hydrogen (secondary N) is 1. The van der Waals surface area contributed by atoms with Gasteiger partial charge in [-0.2, -0.15) is 0 Å². The van der Waals surface area contributed by atoms with E-state index in [1.165, 1.54) is 12.1 Å². The zero-order valence-electron chi connectivity index (χ0n) is 12.8. The summed E-state index contributed by atoms with van der Waals surface area (Å²) >= 11 is 3.16. The van der Waals surface area contributed by atoms with Crippen molar-refractivity contribution >= 4 is 21.8 Å². The maximum atomic E-state index is 13.6. The van der Waals surface area contributed by atoms with Crippen molar-refractivity contribution in [3.63, 3.8) is 0 Å². The van der Waals surface area contributed by atoms with Gasteiger partial charge in [0.05, 0.1) is 13.2 Å². The quantitative estimate of drug-likeness (QED) is 0.826. The van der Waals surface area contributed by atoms with Crippen LogP contribution in [0.25, 0.3) is 0 Å². The Kier molecular flexibility index (Phi) is 5.98. The van der Waals surface area contributed by atoms with Crippen LogP contribution in [0.1, 0.15) is 18.5 Å². The summed E-state index contributed by atoms with van der Waals surface area (Å²) in [5.41, 5.74) is 0.859. The van der Waals surface area contributed by atoms with E-state index < -0.39 is 5.82 Å². The molecule has 0 aliphatic carbocycles. The molecule has 0 aliphatic heterocycles. The molecule has 1 atom stereocenters. The third-order valence-corrected chi connectivity index (χ3v) is 3.73. The molecule has 2 aromatic carbocycles. The average molecular weight is 382 g/mol. The molecule has 4 nitrogen and oxygen atoms in total.